The van der Waals surface area contributed by atoms with Crippen LogP contribution in [0, 0.1) is 0 Å². The van der Waals surface area contributed by atoms with Gasteiger partial charge < -0.3 is 20.7 Å². The van der Waals surface area contributed by atoms with Crippen molar-refractivity contribution in [2.75, 3.05) is 25.5 Å². The average molecular weight is 316 g/mol. The molecule has 1 unspecified atom stereocenters. The fourth-order valence-electron chi connectivity index (χ4n) is 2.57. The number of hydrogen-bond donors (Lipinski definition) is 2. The first-order valence-corrected chi connectivity index (χ1v) is 6.87. The van der Waals surface area contributed by atoms with Crippen molar-refractivity contribution in [2.45, 2.75) is 11.8 Å². The van der Waals surface area contributed by atoms with Crippen LogP contribution in [0.4, 0.5) is 10.5 Å². The molecule has 2 rings (SSSR count). The quantitative estimate of drug-likeness (QED) is 0.840. The van der Waals surface area contributed by atoms with Gasteiger partial charge in [0.15, 0.2) is 0 Å². The summed E-state index contributed by atoms with van der Waals surface area (Å²) >= 11 is 12.1. The number of likely N-dealkylation sites (tertiary alicyclic amines) is 1. The highest BCUT2D eigenvalue weighted by molar-refractivity contribution is 6.42. The van der Waals surface area contributed by atoms with Crippen LogP contribution >= 0.6 is 23.2 Å². The second-order valence-corrected chi connectivity index (χ2v) is 5.66. The van der Waals surface area contributed by atoms with E-state index in [9.17, 15) is 9.59 Å². The van der Waals surface area contributed by atoms with Gasteiger partial charge in [0.05, 0.1) is 15.5 Å². The summed E-state index contributed by atoms with van der Waals surface area (Å²) in [5, 5.41) is 3.79. The largest absolute Gasteiger partial charge is 0.388 e. The first kappa shape index (κ1) is 14.9. The van der Waals surface area contributed by atoms with E-state index < -0.39 is 11.4 Å². The molecule has 1 saturated heterocycles. The Morgan fingerprint density at radius 1 is 1.45 bits per heavy atom. The molecule has 20 heavy (non-hydrogen) atoms. The van der Waals surface area contributed by atoms with Crippen molar-refractivity contribution in [3.8, 4) is 0 Å². The third kappa shape index (κ3) is 2.43. The van der Waals surface area contributed by atoms with E-state index in [0.717, 1.165) is 17.5 Å². The van der Waals surface area contributed by atoms with Crippen molar-refractivity contribution < 1.29 is 9.59 Å². The van der Waals surface area contributed by atoms with E-state index in [1.807, 2.05) is 0 Å². The number of carbonyl (C=O) groups excluding carboxylic acids is 2. The van der Waals surface area contributed by atoms with Crippen molar-refractivity contribution in [3.63, 3.8) is 0 Å². The number of hydrogen-bond acceptors (Lipinski definition) is 3. The number of nitrogens with one attached hydrogen (secondary N) is 1. The summed E-state index contributed by atoms with van der Waals surface area (Å²) in [5.41, 5.74) is 5.93. The number of amides is 2. The minimum atomic E-state index is -0.804. The minimum Gasteiger partial charge on any atom is -0.388 e. The third-order valence-corrected chi connectivity index (χ3v) is 4.43. The summed E-state index contributed by atoms with van der Waals surface area (Å²) in [6.07, 6.45) is 1.36. The van der Waals surface area contributed by atoms with E-state index in [1.54, 1.807) is 19.2 Å². The van der Waals surface area contributed by atoms with Crippen molar-refractivity contribution in [1.29, 1.82) is 0 Å². The molecule has 2 amide bonds. The third-order valence-electron chi connectivity index (χ3n) is 3.70. The standard InChI is InChI=1S/C13H15Cl2N3O2/c1-17-11-5-10(15)9(14)4-8(11)13(7-19)2-3-18(6-13)12(16)20/h4-5,7,17H,2-3,6H2,1H3,(H2,16,20). The molecule has 1 heterocycles. The second kappa shape index (κ2) is 5.50. The van der Waals surface area contributed by atoms with E-state index in [-0.39, 0.29) is 6.54 Å². The lowest BCUT2D eigenvalue weighted by molar-refractivity contribution is -0.112. The van der Waals surface area contributed by atoms with E-state index in [0.29, 0.717) is 23.0 Å². The van der Waals surface area contributed by atoms with Gasteiger partial charge in [0.1, 0.15) is 6.29 Å². The predicted octanol–water partition coefficient (Wildman–Crippen LogP) is 2.26. The van der Waals surface area contributed by atoms with Gasteiger partial charge in [-0.15, -0.1) is 0 Å². The number of primary amides is 1. The van der Waals surface area contributed by atoms with Crippen LogP contribution < -0.4 is 11.1 Å². The Labute approximate surface area is 127 Å². The number of anilines is 1. The Morgan fingerprint density at radius 2 is 2.10 bits per heavy atom. The Kier molecular flexibility index (Phi) is 4.11. The molecule has 1 aromatic rings. The molecular weight excluding hydrogens is 301 g/mol. The number of urea groups is 1. The van der Waals surface area contributed by atoms with E-state index in [1.165, 1.54) is 4.90 Å². The summed E-state index contributed by atoms with van der Waals surface area (Å²) in [5.74, 6) is 0. The van der Waals surface area contributed by atoms with Gasteiger partial charge >= 0.3 is 6.03 Å². The highest BCUT2D eigenvalue weighted by Gasteiger charge is 2.42. The van der Waals surface area contributed by atoms with Gasteiger partial charge in [-0.25, -0.2) is 4.79 Å². The Hall–Kier alpha value is -1.46. The number of carbonyl (C=O) groups is 2. The zero-order valence-electron chi connectivity index (χ0n) is 11.0. The van der Waals surface area contributed by atoms with Crippen LogP contribution in [0.15, 0.2) is 12.1 Å². The number of benzene rings is 1. The van der Waals surface area contributed by atoms with Crippen molar-refractivity contribution in [1.82, 2.24) is 4.90 Å². The molecule has 0 radical (unpaired) electrons. The van der Waals surface area contributed by atoms with Gasteiger partial charge in [-0.05, 0) is 24.1 Å². The zero-order chi connectivity index (χ0) is 14.9. The molecule has 0 aromatic heterocycles. The number of nitrogens with two attached hydrogens (primary N) is 1. The number of halogens is 2. The van der Waals surface area contributed by atoms with Crippen LogP contribution in [0.3, 0.4) is 0 Å². The molecule has 0 saturated carbocycles. The van der Waals surface area contributed by atoms with E-state index in [4.69, 9.17) is 28.9 Å². The van der Waals surface area contributed by atoms with Crippen molar-refractivity contribution in [3.05, 3.63) is 27.7 Å². The molecule has 0 aliphatic carbocycles. The maximum absolute atomic E-state index is 11.7. The van der Waals surface area contributed by atoms with Gasteiger partial charge in [-0.2, -0.15) is 0 Å². The summed E-state index contributed by atoms with van der Waals surface area (Å²) in [6, 6.07) is 2.83. The lowest BCUT2D eigenvalue weighted by Gasteiger charge is -2.26. The van der Waals surface area contributed by atoms with Gasteiger partial charge in [0, 0.05) is 25.8 Å². The van der Waals surface area contributed by atoms with Crippen LogP contribution in [0.1, 0.15) is 12.0 Å². The van der Waals surface area contributed by atoms with Crippen molar-refractivity contribution in [2.24, 2.45) is 5.73 Å². The summed E-state index contributed by atoms with van der Waals surface area (Å²) in [7, 11) is 1.74. The van der Waals surface area contributed by atoms with Gasteiger partial charge in [-0.3, -0.25) is 0 Å². The maximum atomic E-state index is 11.7. The normalized spacial score (nSPS) is 21.9. The molecule has 1 aromatic carbocycles. The van der Waals surface area contributed by atoms with Crippen LogP contribution in [-0.4, -0.2) is 37.4 Å². The Bertz CT molecular complexity index is 565. The minimum absolute atomic E-state index is 0.248. The monoisotopic (exact) mass is 315 g/mol. The fraction of sp³-hybridized carbons (Fsp3) is 0.385. The molecule has 108 valence electrons. The molecule has 3 N–H and O–H groups in total. The molecular formula is C13H15Cl2N3O2. The molecule has 5 nitrogen and oxygen atoms in total. The zero-order valence-corrected chi connectivity index (χ0v) is 12.5. The molecule has 0 spiro atoms. The number of nitrogens with zero attached hydrogens (tertiary/aromatic N) is 1. The van der Waals surface area contributed by atoms with Crippen LogP contribution in [0.5, 0.6) is 0 Å². The first-order valence-electron chi connectivity index (χ1n) is 6.11. The lowest BCUT2D eigenvalue weighted by atomic mass is 9.80. The second-order valence-electron chi connectivity index (χ2n) is 4.85. The number of rotatable bonds is 3. The van der Waals surface area contributed by atoms with E-state index >= 15 is 0 Å². The fourth-order valence-corrected chi connectivity index (χ4v) is 2.89. The van der Waals surface area contributed by atoms with Gasteiger partial charge in [0.2, 0.25) is 0 Å². The Morgan fingerprint density at radius 3 is 2.60 bits per heavy atom. The molecule has 1 aliphatic heterocycles. The topological polar surface area (TPSA) is 75.4 Å². The van der Waals surface area contributed by atoms with Crippen LogP contribution in [0.2, 0.25) is 10.0 Å². The summed E-state index contributed by atoms with van der Waals surface area (Å²) < 4.78 is 0. The lowest BCUT2D eigenvalue weighted by Crippen LogP contribution is -2.38. The van der Waals surface area contributed by atoms with Crippen LogP contribution in [0.25, 0.3) is 0 Å². The molecule has 0 bridgehead atoms. The maximum Gasteiger partial charge on any atom is 0.314 e. The van der Waals surface area contributed by atoms with E-state index in [2.05, 4.69) is 5.32 Å². The molecule has 1 aliphatic rings. The summed E-state index contributed by atoms with van der Waals surface area (Å²) in [4.78, 5) is 24.4. The molecule has 1 atom stereocenters. The smallest absolute Gasteiger partial charge is 0.314 e. The SMILES string of the molecule is CNc1cc(Cl)c(Cl)cc1C1(C=O)CCN(C(N)=O)C1. The highest BCUT2D eigenvalue weighted by atomic mass is 35.5. The van der Waals surface area contributed by atoms with Gasteiger partial charge in [-0.1, -0.05) is 23.2 Å². The van der Waals surface area contributed by atoms with Crippen LogP contribution in [-0.2, 0) is 10.2 Å². The number of aldehydes is 1. The average Bonchev–Trinajstić information content (AvgIpc) is 2.87. The predicted molar refractivity (Wildman–Crippen MR) is 79.5 cm³/mol. The molecule has 1 fully saturated rings. The summed E-state index contributed by atoms with van der Waals surface area (Å²) in [6.45, 7) is 0.690. The van der Waals surface area contributed by atoms with Crippen molar-refractivity contribution >= 4 is 41.2 Å². The first-order chi connectivity index (χ1) is 9.43. The Balaban J connectivity index is 2.50. The highest BCUT2D eigenvalue weighted by Crippen LogP contribution is 2.40. The van der Waals surface area contributed by atoms with Gasteiger partial charge in [0.25, 0.3) is 0 Å². The molecule has 7 heteroatoms.